The highest BCUT2D eigenvalue weighted by atomic mass is 16.2. The van der Waals surface area contributed by atoms with Gasteiger partial charge in [0.05, 0.1) is 11.4 Å². The smallest absolute Gasteiger partial charge is 0.325 e. The van der Waals surface area contributed by atoms with Gasteiger partial charge < -0.3 is 15.5 Å². The Labute approximate surface area is 165 Å². The van der Waals surface area contributed by atoms with Crippen molar-refractivity contribution in [3.8, 4) is 0 Å². The number of amides is 4. The van der Waals surface area contributed by atoms with E-state index in [0.29, 0.717) is 6.42 Å². The largest absolute Gasteiger partial charge is 0.370 e. The lowest BCUT2D eigenvalue weighted by Crippen LogP contribution is -2.54. The number of anilines is 2. The summed E-state index contributed by atoms with van der Waals surface area (Å²) in [5.74, 6) is -0.523. The van der Waals surface area contributed by atoms with Crippen molar-refractivity contribution in [2.24, 2.45) is 5.92 Å². The molecule has 3 aliphatic rings. The number of urea groups is 1. The Morgan fingerprint density at radius 1 is 1.18 bits per heavy atom. The van der Waals surface area contributed by atoms with Gasteiger partial charge in [0.2, 0.25) is 5.91 Å². The third-order valence-electron chi connectivity index (χ3n) is 6.43. The van der Waals surface area contributed by atoms with Gasteiger partial charge in [0.15, 0.2) is 0 Å². The third-order valence-corrected chi connectivity index (χ3v) is 6.43. The summed E-state index contributed by atoms with van der Waals surface area (Å²) in [6.07, 6.45) is 5.83. The molecule has 7 nitrogen and oxygen atoms in total. The van der Waals surface area contributed by atoms with Gasteiger partial charge >= 0.3 is 6.03 Å². The zero-order valence-corrected chi connectivity index (χ0v) is 16.4. The van der Waals surface area contributed by atoms with E-state index in [1.165, 1.54) is 0 Å². The molecule has 2 N–H and O–H groups in total. The van der Waals surface area contributed by atoms with Crippen LogP contribution in [-0.4, -0.2) is 47.9 Å². The van der Waals surface area contributed by atoms with Gasteiger partial charge in [-0.1, -0.05) is 31.9 Å². The van der Waals surface area contributed by atoms with Crippen molar-refractivity contribution >= 4 is 29.2 Å². The van der Waals surface area contributed by atoms with Gasteiger partial charge in [0, 0.05) is 13.1 Å². The van der Waals surface area contributed by atoms with Crippen molar-refractivity contribution in [2.45, 2.75) is 51.0 Å². The van der Waals surface area contributed by atoms with E-state index in [4.69, 9.17) is 0 Å². The second kappa shape index (κ2) is 7.45. The lowest BCUT2D eigenvalue weighted by Gasteiger charge is -2.36. The van der Waals surface area contributed by atoms with Gasteiger partial charge in [-0.2, -0.15) is 0 Å². The molecule has 1 aliphatic carbocycles. The fourth-order valence-corrected chi connectivity index (χ4v) is 4.79. The fourth-order valence-electron chi connectivity index (χ4n) is 4.79. The molecule has 1 aromatic rings. The first-order chi connectivity index (χ1) is 13.5. The quantitative estimate of drug-likeness (QED) is 0.782. The molecule has 7 heteroatoms. The Hall–Kier alpha value is -2.57. The van der Waals surface area contributed by atoms with E-state index in [9.17, 15) is 14.4 Å². The molecule has 0 bridgehead atoms. The van der Waals surface area contributed by atoms with Crippen LogP contribution in [0.15, 0.2) is 24.3 Å². The van der Waals surface area contributed by atoms with Gasteiger partial charge in [0.1, 0.15) is 12.1 Å². The van der Waals surface area contributed by atoms with Gasteiger partial charge in [-0.25, -0.2) is 4.79 Å². The molecule has 2 heterocycles. The van der Waals surface area contributed by atoms with Crippen LogP contribution in [0, 0.1) is 5.92 Å². The first-order valence-corrected chi connectivity index (χ1v) is 10.3. The van der Waals surface area contributed by atoms with Crippen LogP contribution >= 0.6 is 0 Å². The first-order valence-electron chi connectivity index (χ1n) is 10.3. The number of rotatable bonds is 4. The van der Waals surface area contributed by atoms with Crippen molar-refractivity contribution in [2.75, 3.05) is 29.9 Å². The molecule has 0 radical (unpaired) electrons. The molecule has 150 valence electrons. The highest BCUT2D eigenvalue weighted by molar-refractivity contribution is 6.10. The molecule has 0 aromatic heterocycles. The Balaban J connectivity index is 1.46. The highest BCUT2D eigenvalue weighted by Gasteiger charge is 2.55. The zero-order valence-electron chi connectivity index (χ0n) is 16.4. The lowest BCUT2D eigenvalue weighted by atomic mass is 9.73. The standard InChI is InChI=1S/C21H28N4O3/c1-15-8-4-5-11-21(15)19(27)25(20(28)23-21)14-18(26)22-16-9-2-3-10-17(16)24-12-6-7-13-24/h2-3,9-10,15H,4-8,11-14H2,1H3,(H,22,26)(H,23,28)/t15-,21+/m1/s1. The van der Waals surface area contributed by atoms with Gasteiger partial charge in [0.25, 0.3) is 5.91 Å². The van der Waals surface area contributed by atoms with E-state index >= 15 is 0 Å². The maximum Gasteiger partial charge on any atom is 0.325 e. The maximum absolute atomic E-state index is 13.0. The fraction of sp³-hybridized carbons (Fsp3) is 0.571. The van der Waals surface area contributed by atoms with Crippen molar-refractivity contribution < 1.29 is 14.4 Å². The summed E-state index contributed by atoms with van der Waals surface area (Å²) >= 11 is 0. The Bertz CT molecular complexity index is 790. The van der Waals surface area contributed by atoms with Crippen molar-refractivity contribution in [3.63, 3.8) is 0 Å². The van der Waals surface area contributed by atoms with E-state index in [1.807, 2.05) is 31.2 Å². The van der Waals surface area contributed by atoms with E-state index in [2.05, 4.69) is 15.5 Å². The molecule has 2 saturated heterocycles. The molecule has 1 spiro atoms. The van der Waals surface area contributed by atoms with Gasteiger partial charge in [-0.15, -0.1) is 0 Å². The summed E-state index contributed by atoms with van der Waals surface area (Å²) in [7, 11) is 0. The molecule has 1 aromatic carbocycles. The number of nitrogens with one attached hydrogen (secondary N) is 2. The second-order valence-electron chi connectivity index (χ2n) is 8.20. The van der Waals surface area contributed by atoms with E-state index in [-0.39, 0.29) is 24.3 Å². The van der Waals surface area contributed by atoms with Gasteiger partial charge in [-0.3, -0.25) is 14.5 Å². The minimum Gasteiger partial charge on any atom is -0.370 e. The Morgan fingerprint density at radius 2 is 1.93 bits per heavy atom. The Morgan fingerprint density at radius 3 is 2.68 bits per heavy atom. The maximum atomic E-state index is 13.0. The molecule has 4 rings (SSSR count). The minimum atomic E-state index is -0.830. The predicted molar refractivity (Wildman–Crippen MR) is 107 cm³/mol. The number of hydrogen-bond acceptors (Lipinski definition) is 4. The van der Waals surface area contributed by atoms with Crippen molar-refractivity contribution in [3.05, 3.63) is 24.3 Å². The molecular weight excluding hydrogens is 356 g/mol. The number of benzene rings is 1. The molecule has 2 aliphatic heterocycles. The molecule has 0 unspecified atom stereocenters. The third kappa shape index (κ3) is 3.23. The zero-order chi connectivity index (χ0) is 19.7. The topological polar surface area (TPSA) is 81.8 Å². The Kier molecular flexibility index (Phi) is 5.00. The normalized spacial score (nSPS) is 27.4. The van der Waals surface area contributed by atoms with E-state index in [1.54, 1.807) is 0 Å². The molecule has 28 heavy (non-hydrogen) atoms. The first kappa shape index (κ1) is 18.8. The molecular formula is C21H28N4O3. The molecule has 4 amide bonds. The van der Waals surface area contributed by atoms with Crippen LogP contribution < -0.4 is 15.5 Å². The van der Waals surface area contributed by atoms with E-state index < -0.39 is 11.6 Å². The predicted octanol–water partition coefficient (Wildman–Crippen LogP) is 2.73. The summed E-state index contributed by atoms with van der Waals surface area (Å²) in [6.45, 7) is 3.70. The average molecular weight is 384 g/mol. The number of nitrogens with zero attached hydrogens (tertiary/aromatic N) is 2. The number of carbonyl (C=O) groups excluding carboxylic acids is 3. The van der Waals surface area contributed by atoms with Crippen LogP contribution in [0.5, 0.6) is 0 Å². The van der Waals surface area contributed by atoms with Crippen LogP contribution in [0.25, 0.3) is 0 Å². The average Bonchev–Trinajstić information content (AvgIpc) is 3.29. The molecule has 2 atom stereocenters. The monoisotopic (exact) mass is 384 g/mol. The number of carbonyl (C=O) groups is 3. The number of imide groups is 1. The van der Waals surface area contributed by atoms with E-state index in [0.717, 1.165) is 61.5 Å². The highest BCUT2D eigenvalue weighted by Crippen LogP contribution is 2.38. The van der Waals surface area contributed by atoms with Crippen LogP contribution in [0.3, 0.4) is 0 Å². The molecule has 1 saturated carbocycles. The minimum absolute atomic E-state index is 0.0849. The SMILES string of the molecule is C[C@@H]1CCCC[C@]12NC(=O)N(CC(=O)Nc1ccccc1N1CCCC1)C2=O. The van der Waals surface area contributed by atoms with Crippen LogP contribution in [0.4, 0.5) is 16.2 Å². The number of para-hydroxylation sites is 2. The summed E-state index contributed by atoms with van der Waals surface area (Å²) in [6, 6.07) is 7.23. The summed E-state index contributed by atoms with van der Waals surface area (Å²) in [5.41, 5.74) is 0.883. The summed E-state index contributed by atoms with van der Waals surface area (Å²) < 4.78 is 0. The lowest BCUT2D eigenvalue weighted by molar-refractivity contribution is -0.136. The van der Waals surface area contributed by atoms with Crippen molar-refractivity contribution in [1.29, 1.82) is 0 Å². The summed E-state index contributed by atoms with van der Waals surface area (Å²) in [4.78, 5) is 41.5. The van der Waals surface area contributed by atoms with Crippen LogP contribution in [-0.2, 0) is 9.59 Å². The second-order valence-corrected chi connectivity index (χ2v) is 8.20. The van der Waals surface area contributed by atoms with Gasteiger partial charge in [-0.05, 0) is 43.7 Å². The summed E-state index contributed by atoms with van der Waals surface area (Å²) in [5, 5.41) is 5.80. The number of hydrogen-bond donors (Lipinski definition) is 2. The van der Waals surface area contributed by atoms with Crippen LogP contribution in [0.1, 0.15) is 45.4 Å². The molecule has 3 fully saturated rings. The van der Waals surface area contributed by atoms with Crippen molar-refractivity contribution in [1.82, 2.24) is 10.2 Å². The van der Waals surface area contributed by atoms with Crippen LogP contribution in [0.2, 0.25) is 0 Å².